The molecule has 1 N–H and O–H groups in total. The molecule has 0 spiro atoms. The molecule has 1 amide bonds. The fourth-order valence-electron chi connectivity index (χ4n) is 3.02. The molecule has 0 radical (unpaired) electrons. The second-order valence-electron chi connectivity index (χ2n) is 6.31. The maximum atomic E-state index is 12.3. The molecule has 6 heteroatoms. The minimum Gasteiger partial charge on any atom is -0.266 e. The van der Waals surface area contributed by atoms with Crippen molar-refractivity contribution in [3.63, 3.8) is 0 Å². The number of amides is 1. The first kappa shape index (κ1) is 17.0. The summed E-state index contributed by atoms with van der Waals surface area (Å²) in [5.74, 6) is -0.384. The number of nitrogens with one attached hydrogen (secondary N) is 1. The van der Waals surface area contributed by atoms with Gasteiger partial charge in [-0.1, -0.05) is 54.6 Å². The Balaban J connectivity index is 1.53. The zero-order chi connectivity index (χ0) is 18.2. The van der Waals surface area contributed by atoms with Gasteiger partial charge in [0.05, 0.1) is 10.9 Å². The van der Waals surface area contributed by atoms with Crippen molar-refractivity contribution in [2.75, 3.05) is 0 Å². The van der Waals surface area contributed by atoms with Crippen LogP contribution in [0, 0.1) is 0 Å². The normalized spacial score (nSPS) is 21.0. The lowest BCUT2D eigenvalue weighted by molar-refractivity contribution is 0.0950. The number of fused-ring (bicyclic) bond motifs is 1. The van der Waals surface area contributed by atoms with Crippen molar-refractivity contribution in [3.05, 3.63) is 78.0 Å². The third-order valence-electron chi connectivity index (χ3n) is 4.60. The molecule has 0 bridgehead atoms. The molecular weight excluding hydrogens is 369 g/mol. The van der Waals surface area contributed by atoms with Gasteiger partial charge in [0, 0.05) is 11.6 Å². The molecule has 3 aromatic rings. The maximum Gasteiger partial charge on any atom is 0.289 e. The number of pyridine rings is 1. The number of hydrazone groups is 1. The van der Waals surface area contributed by atoms with E-state index in [1.54, 1.807) is 12.3 Å². The number of carbonyl (C=O) groups excluding carboxylic acids is 1. The monoisotopic (exact) mass is 383 g/mol. The van der Waals surface area contributed by atoms with Crippen LogP contribution in [-0.4, -0.2) is 21.4 Å². The first-order chi connectivity index (χ1) is 12.5. The number of halogens is 2. The van der Waals surface area contributed by atoms with E-state index in [1.807, 2.05) is 60.7 Å². The zero-order valence-electron chi connectivity index (χ0n) is 13.7. The van der Waals surface area contributed by atoms with Crippen molar-refractivity contribution < 1.29 is 4.79 Å². The average molecular weight is 384 g/mol. The molecule has 1 saturated carbocycles. The molecule has 4 rings (SSSR count). The molecule has 130 valence electrons. The summed E-state index contributed by atoms with van der Waals surface area (Å²) < 4.78 is -0.927. The largest absolute Gasteiger partial charge is 0.289 e. The van der Waals surface area contributed by atoms with E-state index in [2.05, 4.69) is 15.5 Å². The second kappa shape index (κ2) is 6.38. The van der Waals surface area contributed by atoms with Crippen molar-refractivity contribution in [1.29, 1.82) is 0 Å². The van der Waals surface area contributed by atoms with Gasteiger partial charge in [-0.25, -0.2) is 10.4 Å². The van der Waals surface area contributed by atoms with E-state index in [1.165, 1.54) is 0 Å². The van der Waals surface area contributed by atoms with Crippen molar-refractivity contribution in [2.24, 2.45) is 5.10 Å². The fourth-order valence-corrected chi connectivity index (χ4v) is 3.76. The van der Waals surface area contributed by atoms with E-state index in [9.17, 15) is 4.79 Å². The summed E-state index contributed by atoms with van der Waals surface area (Å²) in [5, 5.41) is 5.08. The molecule has 1 aromatic heterocycles. The van der Waals surface area contributed by atoms with E-state index >= 15 is 0 Å². The Kier molecular flexibility index (Phi) is 4.17. The number of rotatable bonds is 4. The summed E-state index contributed by atoms with van der Waals surface area (Å²) in [4.78, 5) is 16.7. The number of alkyl halides is 2. The Morgan fingerprint density at radius 1 is 1.04 bits per heavy atom. The molecule has 26 heavy (non-hydrogen) atoms. The molecule has 4 nitrogen and oxygen atoms in total. The van der Waals surface area contributed by atoms with Crippen LogP contribution in [0.3, 0.4) is 0 Å². The van der Waals surface area contributed by atoms with Gasteiger partial charge in [-0.05, 0) is 24.1 Å². The first-order valence-corrected chi connectivity index (χ1v) is 8.91. The highest BCUT2D eigenvalue weighted by Crippen LogP contribution is 2.63. The van der Waals surface area contributed by atoms with Crippen LogP contribution in [0.2, 0.25) is 0 Å². The van der Waals surface area contributed by atoms with Gasteiger partial charge in [0.15, 0.2) is 0 Å². The quantitative estimate of drug-likeness (QED) is 0.410. The Morgan fingerprint density at radius 2 is 1.73 bits per heavy atom. The van der Waals surface area contributed by atoms with E-state index in [4.69, 9.17) is 23.2 Å². The third-order valence-corrected chi connectivity index (χ3v) is 5.54. The van der Waals surface area contributed by atoms with Gasteiger partial charge in [0.2, 0.25) is 0 Å². The van der Waals surface area contributed by atoms with Gasteiger partial charge in [-0.15, -0.1) is 23.2 Å². The van der Waals surface area contributed by atoms with Crippen molar-refractivity contribution in [1.82, 2.24) is 10.4 Å². The van der Waals surface area contributed by atoms with Crippen molar-refractivity contribution >= 4 is 46.2 Å². The molecular formula is C20H15Cl2N3O. The molecule has 2 aromatic carbocycles. The Labute approximate surface area is 160 Å². The molecule has 0 aliphatic heterocycles. The van der Waals surface area contributed by atoms with Crippen LogP contribution >= 0.6 is 23.2 Å². The van der Waals surface area contributed by atoms with Gasteiger partial charge < -0.3 is 0 Å². The van der Waals surface area contributed by atoms with Gasteiger partial charge in [0.25, 0.3) is 5.91 Å². The lowest BCUT2D eigenvalue weighted by Gasteiger charge is -2.13. The predicted octanol–water partition coefficient (Wildman–Crippen LogP) is 4.47. The topological polar surface area (TPSA) is 54.4 Å². The van der Waals surface area contributed by atoms with Gasteiger partial charge >= 0.3 is 0 Å². The van der Waals surface area contributed by atoms with Crippen LogP contribution in [0.25, 0.3) is 10.9 Å². The lowest BCUT2D eigenvalue weighted by Crippen LogP contribution is -2.23. The average Bonchev–Trinajstić information content (AvgIpc) is 3.24. The summed E-state index contributed by atoms with van der Waals surface area (Å²) in [6.07, 6.45) is 2.15. The number of aromatic nitrogens is 1. The molecule has 1 atom stereocenters. The van der Waals surface area contributed by atoms with Crippen LogP contribution in [0.1, 0.15) is 22.5 Å². The highest BCUT2D eigenvalue weighted by atomic mass is 35.5. The SMILES string of the molecule is O=C(N/N=C/C1(c2ccccc2)CC1(Cl)Cl)c1ccc2ccccc2n1. The maximum absolute atomic E-state index is 12.3. The summed E-state index contributed by atoms with van der Waals surface area (Å²) in [6.45, 7) is 0. The number of nitrogens with zero attached hydrogens (tertiary/aromatic N) is 2. The molecule has 1 aliphatic carbocycles. The van der Waals surface area contributed by atoms with Crippen LogP contribution in [0.4, 0.5) is 0 Å². The van der Waals surface area contributed by atoms with Gasteiger partial charge in [0.1, 0.15) is 10.0 Å². The smallest absolute Gasteiger partial charge is 0.266 e. The van der Waals surface area contributed by atoms with E-state index in [-0.39, 0.29) is 5.91 Å². The standard InChI is InChI=1S/C20H15Cl2N3O/c21-20(22)12-19(20,15-7-2-1-3-8-15)13-23-25-18(26)17-11-10-14-6-4-5-9-16(14)24-17/h1-11,13H,12H2,(H,25,26)/b23-13+. The molecule has 1 heterocycles. The first-order valence-electron chi connectivity index (χ1n) is 8.16. The van der Waals surface area contributed by atoms with Crippen molar-refractivity contribution in [3.8, 4) is 0 Å². The molecule has 1 fully saturated rings. The summed E-state index contributed by atoms with van der Waals surface area (Å²) in [7, 11) is 0. The number of hydrogen-bond donors (Lipinski definition) is 1. The van der Waals surface area contributed by atoms with Crippen LogP contribution in [-0.2, 0) is 5.41 Å². The Morgan fingerprint density at radius 3 is 2.46 bits per heavy atom. The fraction of sp³-hybridized carbons (Fsp3) is 0.150. The zero-order valence-corrected chi connectivity index (χ0v) is 15.2. The van der Waals surface area contributed by atoms with E-state index in [0.29, 0.717) is 12.1 Å². The number of para-hydroxylation sites is 1. The Hall–Kier alpha value is -2.43. The van der Waals surface area contributed by atoms with Gasteiger partial charge in [-0.3, -0.25) is 4.79 Å². The van der Waals surface area contributed by atoms with E-state index < -0.39 is 9.75 Å². The van der Waals surface area contributed by atoms with E-state index in [0.717, 1.165) is 16.5 Å². The summed E-state index contributed by atoms with van der Waals surface area (Å²) >= 11 is 12.7. The Bertz CT molecular complexity index is 1000. The summed E-state index contributed by atoms with van der Waals surface area (Å²) in [5.41, 5.74) is 3.94. The van der Waals surface area contributed by atoms with Crippen molar-refractivity contribution in [2.45, 2.75) is 16.2 Å². The highest BCUT2D eigenvalue weighted by molar-refractivity contribution is 6.53. The summed E-state index contributed by atoms with van der Waals surface area (Å²) in [6, 6.07) is 20.8. The molecule has 0 saturated heterocycles. The van der Waals surface area contributed by atoms with Crippen LogP contribution in [0.5, 0.6) is 0 Å². The lowest BCUT2D eigenvalue weighted by atomic mass is 9.97. The second-order valence-corrected chi connectivity index (χ2v) is 7.79. The highest BCUT2D eigenvalue weighted by Gasteiger charge is 2.66. The minimum atomic E-state index is -0.927. The van der Waals surface area contributed by atoms with Crippen LogP contribution in [0.15, 0.2) is 71.8 Å². The molecule has 1 unspecified atom stereocenters. The van der Waals surface area contributed by atoms with Crippen LogP contribution < -0.4 is 5.43 Å². The molecule has 1 aliphatic rings. The van der Waals surface area contributed by atoms with Gasteiger partial charge in [-0.2, -0.15) is 5.10 Å². The third kappa shape index (κ3) is 2.96. The number of benzene rings is 2. The minimum absolute atomic E-state index is 0.299. The predicted molar refractivity (Wildman–Crippen MR) is 105 cm³/mol. The number of hydrogen-bond acceptors (Lipinski definition) is 3. The number of carbonyl (C=O) groups is 1.